The van der Waals surface area contributed by atoms with Crippen molar-refractivity contribution in [1.29, 1.82) is 0 Å². The van der Waals surface area contributed by atoms with Crippen LogP contribution in [0.5, 0.6) is 0 Å². The van der Waals surface area contributed by atoms with E-state index >= 15 is 0 Å². The lowest BCUT2D eigenvalue weighted by molar-refractivity contribution is -0.117. The topological polar surface area (TPSA) is 49.4 Å². The first-order valence-corrected chi connectivity index (χ1v) is 8.16. The van der Waals surface area contributed by atoms with Gasteiger partial charge in [-0.25, -0.2) is 0 Å². The first-order chi connectivity index (χ1) is 11.0. The van der Waals surface area contributed by atoms with Crippen LogP contribution in [0.3, 0.4) is 0 Å². The standard InChI is InChI=1S/C18H19BrN2O2/c1-13-6-3-4-9-17(13)20-18(23)10-11-21(14(2)22)16-8-5-7-15(19)12-16/h3-9,12H,10-11H2,1-2H3,(H,20,23). The van der Waals surface area contributed by atoms with E-state index in [9.17, 15) is 9.59 Å². The number of benzene rings is 2. The zero-order valence-electron chi connectivity index (χ0n) is 13.2. The summed E-state index contributed by atoms with van der Waals surface area (Å²) in [4.78, 5) is 25.6. The summed E-state index contributed by atoms with van der Waals surface area (Å²) >= 11 is 3.39. The molecular weight excluding hydrogens is 356 g/mol. The van der Waals surface area contributed by atoms with Crippen LogP contribution in [-0.2, 0) is 9.59 Å². The number of amides is 2. The zero-order chi connectivity index (χ0) is 16.8. The summed E-state index contributed by atoms with van der Waals surface area (Å²) in [6, 6.07) is 15.1. The highest BCUT2D eigenvalue weighted by Crippen LogP contribution is 2.20. The molecule has 0 heterocycles. The van der Waals surface area contributed by atoms with Gasteiger partial charge in [-0.2, -0.15) is 0 Å². The average molecular weight is 375 g/mol. The Morgan fingerprint density at radius 3 is 2.52 bits per heavy atom. The molecule has 120 valence electrons. The average Bonchev–Trinajstić information content (AvgIpc) is 2.49. The summed E-state index contributed by atoms with van der Waals surface area (Å²) in [6.07, 6.45) is 0.237. The van der Waals surface area contributed by atoms with Gasteiger partial charge < -0.3 is 10.2 Å². The number of nitrogens with zero attached hydrogens (tertiary/aromatic N) is 1. The number of hydrogen-bond donors (Lipinski definition) is 1. The molecule has 0 unspecified atom stereocenters. The number of hydrogen-bond acceptors (Lipinski definition) is 2. The molecule has 0 aliphatic heterocycles. The van der Waals surface area contributed by atoms with Crippen LogP contribution in [0.25, 0.3) is 0 Å². The minimum absolute atomic E-state index is 0.0909. The van der Waals surface area contributed by atoms with Crippen LogP contribution in [0, 0.1) is 6.92 Å². The van der Waals surface area contributed by atoms with E-state index < -0.39 is 0 Å². The van der Waals surface area contributed by atoms with Gasteiger partial charge in [-0.05, 0) is 36.8 Å². The van der Waals surface area contributed by atoms with E-state index in [1.54, 1.807) is 4.90 Å². The summed E-state index contributed by atoms with van der Waals surface area (Å²) in [5, 5.41) is 2.88. The van der Waals surface area contributed by atoms with Gasteiger partial charge in [-0.15, -0.1) is 0 Å². The maximum absolute atomic E-state index is 12.1. The molecule has 0 aromatic heterocycles. The van der Waals surface area contributed by atoms with Crippen molar-refractivity contribution in [2.75, 3.05) is 16.8 Å². The van der Waals surface area contributed by atoms with Crippen molar-refractivity contribution in [2.24, 2.45) is 0 Å². The summed E-state index contributed by atoms with van der Waals surface area (Å²) in [6.45, 7) is 3.78. The Labute approximate surface area is 144 Å². The van der Waals surface area contributed by atoms with Crippen molar-refractivity contribution in [3.8, 4) is 0 Å². The highest BCUT2D eigenvalue weighted by Gasteiger charge is 2.14. The molecule has 0 radical (unpaired) electrons. The maximum Gasteiger partial charge on any atom is 0.226 e. The third-order valence-corrected chi connectivity index (χ3v) is 3.97. The summed E-state index contributed by atoms with van der Waals surface area (Å²) in [5.74, 6) is -0.202. The lowest BCUT2D eigenvalue weighted by Crippen LogP contribution is -2.32. The van der Waals surface area contributed by atoms with Gasteiger partial charge >= 0.3 is 0 Å². The van der Waals surface area contributed by atoms with Gasteiger partial charge in [0.05, 0.1) is 0 Å². The molecule has 5 heteroatoms. The number of rotatable bonds is 5. The zero-order valence-corrected chi connectivity index (χ0v) is 14.8. The van der Waals surface area contributed by atoms with E-state index in [1.165, 1.54) is 6.92 Å². The molecule has 0 bridgehead atoms. The minimum Gasteiger partial charge on any atom is -0.326 e. The molecule has 0 fully saturated rings. The fourth-order valence-corrected chi connectivity index (χ4v) is 2.64. The van der Waals surface area contributed by atoms with Gasteiger partial charge in [0.15, 0.2) is 0 Å². The summed E-state index contributed by atoms with van der Waals surface area (Å²) in [7, 11) is 0. The molecule has 2 aromatic carbocycles. The molecule has 23 heavy (non-hydrogen) atoms. The molecular formula is C18H19BrN2O2. The quantitative estimate of drug-likeness (QED) is 0.854. The van der Waals surface area contributed by atoms with E-state index in [-0.39, 0.29) is 18.2 Å². The molecule has 0 atom stereocenters. The molecule has 2 rings (SSSR count). The molecule has 0 aliphatic carbocycles. The molecule has 0 saturated heterocycles. The number of carbonyl (C=O) groups is 2. The van der Waals surface area contributed by atoms with Crippen LogP contribution in [0.1, 0.15) is 18.9 Å². The van der Waals surface area contributed by atoms with Crippen LogP contribution < -0.4 is 10.2 Å². The molecule has 2 amide bonds. The van der Waals surface area contributed by atoms with Crippen molar-refractivity contribution in [2.45, 2.75) is 20.3 Å². The molecule has 0 aliphatic rings. The lowest BCUT2D eigenvalue weighted by Gasteiger charge is -2.21. The van der Waals surface area contributed by atoms with Crippen LogP contribution in [-0.4, -0.2) is 18.4 Å². The van der Waals surface area contributed by atoms with Crippen molar-refractivity contribution in [1.82, 2.24) is 0 Å². The van der Waals surface area contributed by atoms with E-state index in [0.29, 0.717) is 6.54 Å². The Kier molecular flexibility index (Phi) is 5.93. The number of aryl methyl sites for hydroxylation is 1. The number of carbonyl (C=O) groups excluding carboxylic acids is 2. The van der Waals surface area contributed by atoms with E-state index in [1.807, 2.05) is 55.5 Å². The van der Waals surface area contributed by atoms with Gasteiger partial charge in [0.1, 0.15) is 0 Å². The van der Waals surface area contributed by atoms with Crippen molar-refractivity contribution >= 4 is 39.1 Å². The van der Waals surface area contributed by atoms with Crippen LogP contribution in [0.15, 0.2) is 53.0 Å². The van der Waals surface area contributed by atoms with Gasteiger partial charge in [-0.1, -0.05) is 40.2 Å². The van der Waals surface area contributed by atoms with Crippen LogP contribution in [0.2, 0.25) is 0 Å². The number of halogens is 1. The van der Waals surface area contributed by atoms with Gasteiger partial charge in [0.25, 0.3) is 0 Å². The van der Waals surface area contributed by atoms with Crippen LogP contribution >= 0.6 is 15.9 Å². The lowest BCUT2D eigenvalue weighted by atomic mass is 10.2. The molecule has 1 N–H and O–H groups in total. The highest BCUT2D eigenvalue weighted by molar-refractivity contribution is 9.10. The maximum atomic E-state index is 12.1. The Morgan fingerprint density at radius 1 is 1.13 bits per heavy atom. The summed E-state index contributed by atoms with van der Waals surface area (Å²) < 4.78 is 0.894. The molecule has 0 spiro atoms. The predicted molar refractivity (Wildman–Crippen MR) is 96.6 cm³/mol. The van der Waals surface area contributed by atoms with Crippen LogP contribution in [0.4, 0.5) is 11.4 Å². The third kappa shape index (κ3) is 4.93. The van der Waals surface area contributed by atoms with Gasteiger partial charge in [-0.3, -0.25) is 9.59 Å². The van der Waals surface area contributed by atoms with Crippen molar-refractivity contribution in [3.63, 3.8) is 0 Å². The number of anilines is 2. The monoisotopic (exact) mass is 374 g/mol. The van der Waals surface area contributed by atoms with E-state index in [4.69, 9.17) is 0 Å². The molecule has 2 aromatic rings. The second-order valence-corrected chi connectivity index (χ2v) is 6.18. The van der Waals surface area contributed by atoms with E-state index in [0.717, 1.165) is 21.4 Å². The Balaban J connectivity index is 2.00. The third-order valence-electron chi connectivity index (χ3n) is 3.48. The Morgan fingerprint density at radius 2 is 1.87 bits per heavy atom. The summed E-state index contributed by atoms with van der Waals surface area (Å²) in [5.41, 5.74) is 2.58. The fraction of sp³-hybridized carbons (Fsp3) is 0.222. The van der Waals surface area contributed by atoms with Gasteiger partial charge in [0, 0.05) is 35.7 Å². The number of nitrogens with one attached hydrogen (secondary N) is 1. The van der Waals surface area contributed by atoms with E-state index in [2.05, 4.69) is 21.2 Å². The second-order valence-electron chi connectivity index (χ2n) is 5.26. The minimum atomic E-state index is -0.111. The van der Waals surface area contributed by atoms with Crippen molar-refractivity contribution in [3.05, 3.63) is 58.6 Å². The Bertz CT molecular complexity index is 716. The molecule has 4 nitrogen and oxygen atoms in total. The second kappa shape index (κ2) is 7.92. The Hall–Kier alpha value is -2.14. The van der Waals surface area contributed by atoms with Gasteiger partial charge in [0.2, 0.25) is 11.8 Å². The van der Waals surface area contributed by atoms with Crippen molar-refractivity contribution < 1.29 is 9.59 Å². The fourth-order valence-electron chi connectivity index (χ4n) is 2.25. The normalized spacial score (nSPS) is 10.2. The number of para-hydroxylation sites is 1. The first-order valence-electron chi connectivity index (χ1n) is 7.36. The highest BCUT2D eigenvalue weighted by atomic mass is 79.9. The smallest absolute Gasteiger partial charge is 0.226 e. The molecule has 0 saturated carbocycles. The first kappa shape index (κ1) is 17.2. The predicted octanol–water partition coefficient (Wildman–Crippen LogP) is 4.14. The SMILES string of the molecule is CC(=O)N(CCC(=O)Nc1ccccc1C)c1cccc(Br)c1. The largest absolute Gasteiger partial charge is 0.326 e.